The summed E-state index contributed by atoms with van der Waals surface area (Å²) in [5, 5.41) is 0. The summed E-state index contributed by atoms with van der Waals surface area (Å²) in [5.41, 5.74) is 2.39. The second kappa shape index (κ2) is 48.1. The molecule has 0 saturated carbocycles. The standard InChI is InChI=1S/C29H73N15P5.C22H66N15P5.C7H7Cl.2C2H6.ClH/c1-34(2)45(22,35(3)4)30-46(31-47(36(5)6,37(7)8)38(9)10,32-48(39(11)12,40(13)14)41(15)16)33-49(42(17)18,43(19)20)44(21)28-29-26-24-23-25-27-29;1-23-40(30(6)7,31(8)9)25-39(24-38(22,28(2)3)29(4)5,26-41(32(10)11,33(12)13)34(14)15)27-42(35(16)17,36(18)19)37(20)21;8-6-7-4-2-1-3-5-7;2*1-2;/h23-27H,28H2,1-22H3;1-22H3;1-5H,6H2;2*1-2H3;1H/q+1;;;;;/p-1. The van der Waals surface area contributed by atoms with Gasteiger partial charge in [0.1, 0.15) is 14.7 Å². The Morgan fingerprint density at radius 1 is 0.288 bits per heavy atom. The quantitative estimate of drug-likeness (QED) is 0.0498. The summed E-state index contributed by atoms with van der Waals surface area (Å²) in [6.07, 6.45) is 0. The smallest absolute Gasteiger partial charge is 0.501 e. The fraction of sp³-hybridized carbons (Fsp3) is 0.806. The maximum atomic E-state index is 6.22. The van der Waals surface area contributed by atoms with Crippen LogP contribution in [0.3, 0.4) is 0 Å². The predicted molar refractivity (Wildman–Crippen MR) is 479 cm³/mol. The van der Waals surface area contributed by atoms with Crippen molar-refractivity contribution in [3.63, 3.8) is 0 Å². The highest BCUT2D eigenvalue weighted by molar-refractivity contribution is 7.88. The van der Waals surface area contributed by atoms with Gasteiger partial charge in [0.2, 0.25) is 30.0 Å². The van der Waals surface area contributed by atoms with E-state index in [0.29, 0.717) is 12.4 Å². The van der Waals surface area contributed by atoms with Gasteiger partial charge in [-0.3, -0.25) is 51.4 Å². The van der Waals surface area contributed by atoms with Crippen molar-refractivity contribution in [3.8, 4) is 0 Å². The first kappa shape index (κ1) is 111. The Kier molecular flexibility index (Phi) is 51.4. The van der Waals surface area contributed by atoms with Crippen LogP contribution in [0.15, 0.2) is 102 Å². The van der Waals surface area contributed by atoms with Crippen molar-refractivity contribution in [3.05, 3.63) is 71.8 Å². The van der Waals surface area contributed by atoms with Gasteiger partial charge in [0.25, 0.3) is 0 Å². The molecule has 30 nitrogen and oxygen atoms in total. The number of hydrogen-bond donors (Lipinski definition) is 0. The largest absolute Gasteiger partial charge is 1.00 e. The van der Waals surface area contributed by atoms with Gasteiger partial charge in [0, 0.05) is 26.1 Å². The molecule has 0 saturated heterocycles. The minimum absolute atomic E-state index is 0. The molecular formula is C62H158Cl2N30P10. The van der Waals surface area contributed by atoms with E-state index in [1.807, 2.05) is 93.3 Å². The Labute approximate surface area is 655 Å². The monoisotopic (exact) mass is 1700 g/mol. The van der Waals surface area contributed by atoms with Crippen LogP contribution in [0.4, 0.5) is 0 Å². The zero-order valence-electron chi connectivity index (χ0n) is 74.8. The van der Waals surface area contributed by atoms with Crippen molar-refractivity contribution < 1.29 is 12.4 Å². The minimum atomic E-state index is -3.44. The lowest BCUT2D eigenvalue weighted by molar-refractivity contribution is -0.0000246. The van der Waals surface area contributed by atoms with Crippen LogP contribution < -0.4 is 12.4 Å². The molecule has 104 heavy (non-hydrogen) atoms. The van der Waals surface area contributed by atoms with Gasteiger partial charge in [-0.1, -0.05) is 88.4 Å². The molecule has 0 amide bonds. The molecular weight excluding hydrogens is 1550 g/mol. The molecule has 2 aromatic carbocycles. The molecule has 0 atom stereocenters. The van der Waals surface area contributed by atoms with Crippen LogP contribution in [0.25, 0.3) is 0 Å². The molecule has 0 radical (unpaired) electrons. The van der Waals surface area contributed by atoms with Crippen LogP contribution >= 0.6 is 86.7 Å². The molecule has 2 rings (SSSR count). The van der Waals surface area contributed by atoms with E-state index in [2.05, 4.69) is 403 Å². The number of rotatable bonds is 32. The van der Waals surface area contributed by atoms with Crippen molar-refractivity contribution >= 4 is 86.7 Å². The average Bonchev–Trinajstić information content (AvgIpc) is 0.732. The van der Waals surface area contributed by atoms with Crippen molar-refractivity contribution in [2.75, 3.05) is 309 Å². The maximum absolute atomic E-state index is 6.22. The van der Waals surface area contributed by atoms with Crippen LogP contribution in [0.5, 0.6) is 0 Å². The van der Waals surface area contributed by atoms with Gasteiger partial charge in [0.15, 0.2) is 15.0 Å². The third-order valence-corrected chi connectivity index (χ3v) is 57.9. The van der Waals surface area contributed by atoms with Crippen molar-refractivity contribution in [1.29, 1.82) is 0 Å². The topological polar surface area (TPSA) is 179 Å². The number of hydrogen-bond acceptors (Lipinski definition) is 5. The van der Waals surface area contributed by atoms with E-state index in [4.69, 9.17) is 52.5 Å². The number of benzene rings is 2. The van der Waals surface area contributed by atoms with E-state index in [1.54, 1.807) is 0 Å². The Bertz CT molecular complexity index is 3080. The molecule has 620 valence electrons. The molecule has 0 heterocycles. The first-order chi connectivity index (χ1) is 47.0. The second-order valence-electron chi connectivity index (χ2n) is 27.8. The molecule has 0 fully saturated rings. The van der Waals surface area contributed by atoms with Gasteiger partial charge >= 0.3 is 15.4 Å². The molecule has 0 aliphatic carbocycles. The van der Waals surface area contributed by atoms with E-state index in [9.17, 15) is 0 Å². The van der Waals surface area contributed by atoms with E-state index < -0.39 is 75.1 Å². The Morgan fingerprint density at radius 3 is 0.731 bits per heavy atom. The highest BCUT2D eigenvalue weighted by Gasteiger charge is 2.56. The lowest BCUT2D eigenvalue weighted by Gasteiger charge is -2.45. The third kappa shape index (κ3) is 26.6. The van der Waals surface area contributed by atoms with E-state index >= 15 is 0 Å². The van der Waals surface area contributed by atoms with Crippen LogP contribution in [-0.4, -0.2) is 407 Å². The highest BCUT2D eigenvalue weighted by atomic mass is 35.5. The van der Waals surface area contributed by atoms with E-state index in [0.717, 1.165) is 0 Å². The predicted octanol–water partition coefficient (Wildman–Crippen LogP) is 14.1. The summed E-state index contributed by atoms with van der Waals surface area (Å²) in [5.74, 6) is 0.612. The van der Waals surface area contributed by atoms with Crippen LogP contribution in [0, 0.1) is 0 Å². The zero-order chi connectivity index (χ0) is 82.1. The molecule has 0 unspecified atom stereocenters. The van der Waals surface area contributed by atoms with Gasteiger partial charge in [-0.25, -0.2) is 51.4 Å². The second-order valence-corrected chi connectivity index (χ2v) is 62.9. The fourth-order valence-corrected chi connectivity index (χ4v) is 56.1. The first-order valence-electron chi connectivity index (χ1n) is 34.4. The Hall–Kier alpha value is 0.680. The summed E-state index contributed by atoms with van der Waals surface area (Å²) in [4.78, 5) is 0. The van der Waals surface area contributed by atoms with Crippen LogP contribution in [0.2, 0.25) is 0 Å². The SMILES string of the molecule is CC.CC.CN(C)P(C)(=N[P+](N=P(N(C)C)(N(C)C)N(C)C)(N=P(N(C)C)(N(C)C)N(C)C)N=P(N(C)C)(N(C)C)N(C)Cc1ccccc1)N(C)C.CN=P(N=P(N=P(C)(N(C)C)N(C)C)(N=P(N(C)C)(N(C)C)N(C)C)N=P(N(C)C)(N(C)C)N(C)C)(N(C)C)N(C)C.ClCc1ccccc1.[Cl-]. The van der Waals surface area contributed by atoms with Crippen molar-refractivity contribution in [2.24, 2.45) is 40.9 Å². The molecule has 0 aliphatic heterocycles. The fourth-order valence-electron chi connectivity index (χ4n) is 11.5. The number of nitrogens with zero attached hydrogens (tertiary/aromatic N) is 30. The molecule has 42 heteroatoms. The van der Waals surface area contributed by atoms with E-state index in [1.165, 1.54) is 11.1 Å². The Balaban J connectivity index is -0.000000828. The van der Waals surface area contributed by atoms with E-state index in [-0.39, 0.29) is 12.4 Å². The molecule has 0 aliphatic rings. The summed E-state index contributed by atoms with van der Waals surface area (Å²) < 4.78 is 100. The minimum Gasteiger partial charge on any atom is -1.00 e. The molecule has 0 bridgehead atoms. The summed E-state index contributed by atoms with van der Waals surface area (Å²) in [6.45, 7) is 13.2. The summed E-state index contributed by atoms with van der Waals surface area (Å²) in [7, 11) is 61.0. The first-order valence-corrected chi connectivity index (χ1v) is 51.9. The number of halogens is 2. The molecule has 0 aromatic heterocycles. The van der Waals surface area contributed by atoms with Crippen molar-refractivity contribution in [2.45, 2.75) is 40.1 Å². The highest BCUT2D eigenvalue weighted by Crippen LogP contribution is 2.87. The van der Waals surface area contributed by atoms with Gasteiger partial charge in [-0.2, -0.15) is 18.1 Å². The van der Waals surface area contributed by atoms with Gasteiger partial charge in [-0.05, 0) is 325 Å². The zero-order valence-corrected chi connectivity index (χ0v) is 85.3. The van der Waals surface area contributed by atoms with Crippen LogP contribution in [0.1, 0.15) is 38.8 Å². The maximum Gasteiger partial charge on any atom is 0.501 e. The van der Waals surface area contributed by atoms with Gasteiger partial charge in [-0.15, -0.1) is 11.6 Å². The number of alkyl halides is 1. The van der Waals surface area contributed by atoms with Gasteiger partial charge in [0.05, 0.1) is 0 Å². The lowest BCUT2D eigenvalue weighted by atomic mass is 10.2. The normalized spacial score (nSPS) is 13.5. The molecule has 2 aromatic rings. The Morgan fingerprint density at radius 2 is 0.529 bits per heavy atom. The summed E-state index contributed by atoms with van der Waals surface area (Å²) >= 11 is 5.53. The molecule has 0 N–H and O–H groups in total. The summed E-state index contributed by atoms with van der Waals surface area (Å²) in [6, 6.07) is 20.6. The van der Waals surface area contributed by atoms with Crippen molar-refractivity contribution in [1.82, 2.24) is 98.1 Å². The van der Waals surface area contributed by atoms with Gasteiger partial charge < -0.3 is 12.4 Å². The lowest BCUT2D eigenvalue weighted by Crippen LogP contribution is -3.00. The third-order valence-electron chi connectivity index (χ3n) is 16.6. The average molecular weight is 1700 g/mol. The van der Waals surface area contributed by atoms with Crippen LogP contribution in [-0.2, 0) is 12.4 Å². The molecule has 0 spiro atoms.